The van der Waals surface area contributed by atoms with Gasteiger partial charge in [0.15, 0.2) is 5.78 Å². The molecule has 0 aliphatic rings. The molecular weight excluding hydrogens is 364 g/mol. The third-order valence-electron chi connectivity index (χ3n) is 6.31. The largest absolute Gasteiger partial charge is 0.297 e. The number of hydrogen-bond donors (Lipinski definition) is 0. The Kier molecular flexibility index (Phi) is 5.37. The summed E-state index contributed by atoms with van der Waals surface area (Å²) in [5.41, 5.74) is 2.39. The second-order valence-corrected chi connectivity index (χ2v) is 8.04. The standard InChI is InChI=1S/C29H26O/c1-28(23-15-7-3-8-16-23,24-17-9-4-10-18-24)27(30)29(2,25-19-11-5-12-20-25)26-21-13-6-14-22-26/h3-22H,1-2H3. The van der Waals surface area contributed by atoms with Gasteiger partial charge in [-0.1, -0.05) is 121 Å². The summed E-state index contributed by atoms with van der Waals surface area (Å²) >= 11 is 0. The predicted molar refractivity (Wildman–Crippen MR) is 124 cm³/mol. The maximum Gasteiger partial charge on any atom is 0.162 e. The van der Waals surface area contributed by atoms with E-state index in [1.807, 2.05) is 72.8 Å². The quantitative estimate of drug-likeness (QED) is 0.364. The first-order valence-corrected chi connectivity index (χ1v) is 10.3. The Hall–Kier alpha value is -3.45. The van der Waals surface area contributed by atoms with Crippen LogP contribution in [0.4, 0.5) is 0 Å². The molecule has 148 valence electrons. The average Bonchev–Trinajstić information content (AvgIpc) is 2.84. The summed E-state index contributed by atoms with van der Waals surface area (Å²) in [6.45, 7) is 4.12. The number of carbonyl (C=O) groups excluding carboxylic acids is 1. The summed E-state index contributed by atoms with van der Waals surface area (Å²) in [4.78, 5) is 14.7. The minimum atomic E-state index is -0.803. The summed E-state index contributed by atoms with van der Waals surface area (Å²) in [6.07, 6.45) is 0. The summed E-state index contributed by atoms with van der Waals surface area (Å²) < 4.78 is 0. The fraction of sp³-hybridized carbons (Fsp3) is 0.138. The highest BCUT2D eigenvalue weighted by Gasteiger charge is 2.48. The molecule has 0 unspecified atom stereocenters. The van der Waals surface area contributed by atoms with Crippen LogP contribution in [-0.4, -0.2) is 5.78 Å². The van der Waals surface area contributed by atoms with Gasteiger partial charge in [-0.3, -0.25) is 4.79 Å². The molecule has 0 amide bonds. The van der Waals surface area contributed by atoms with E-state index < -0.39 is 10.8 Å². The molecule has 1 nitrogen and oxygen atoms in total. The molecule has 0 saturated carbocycles. The van der Waals surface area contributed by atoms with Crippen LogP contribution >= 0.6 is 0 Å². The van der Waals surface area contributed by atoms with Gasteiger partial charge < -0.3 is 0 Å². The van der Waals surface area contributed by atoms with Crippen LogP contribution in [-0.2, 0) is 15.6 Å². The number of rotatable bonds is 6. The second kappa shape index (κ2) is 8.12. The van der Waals surface area contributed by atoms with Gasteiger partial charge in [0.05, 0.1) is 10.8 Å². The molecule has 4 aromatic carbocycles. The van der Waals surface area contributed by atoms with E-state index in [0.29, 0.717) is 0 Å². The first-order valence-electron chi connectivity index (χ1n) is 10.3. The molecule has 0 aromatic heterocycles. The fourth-order valence-electron chi connectivity index (χ4n) is 4.44. The van der Waals surface area contributed by atoms with Crippen molar-refractivity contribution in [1.82, 2.24) is 0 Å². The van der Waals surface area contributed by atoms with Gasteiger partial charge in [-0.25, -0.2) is 0 Å². The van der Waals surface area contributed by atoms with Crippen LogP contribution in [0.15, 0.2) is 121 Å². The highest BCUT2D eigenvalue weighted by Crippen LogP contribution is 2.43. The molecule has 0 aliphatic carbocycles. The van der Waals surface area contributed by atoms with Gasteiger partial charge in [-0.2, -0.15) is 0 Å². The number of carbonyl (C=O) groups is 1. The molecular formula is C29H26O. The highest BCUT2D eigenvalue weighted by atomic mass is 16.1. The Bertz CT molecular complexity index is 930. The van der Waals surface area contributed by atoms with Crippen molar-refractivity contribution in [2.24, 2.45) is 0 Å². The van der Waals surface area contributed by atoms with E-state index in [2.05, 4.69) is 62.4 Å². The number of Topliss-reactive ketones (excluding diaryl/α,β-unsaturated/α-hetero) is 1. The first kappa shape index (κ1) is 19.8. The van der Waals surface area contributed by atoms with Gasteiger partial charge >= 0.3 is 0 Å². The number of ketones is 1. The third kappa shape index (κ3) is 3.27. The van der Waals surface area contributed by atoms with Gasteiger partial charge in [0.1, 0.15) is 0 Å². The first-order chi connectivity index (χ1) is 14.6. The molecule has 0 N–H and O–H groups in total. The lowest BCUT2D eigenvalue weighted by Crippen LogP contribution is -2.47. The van der Waals surface area contributed by atoms with Gasteiger partial charge in [0.25, 0.3) is 0 Å². The summed E-state index contributed by atoms with van der Waals surface area (Å²) in [5, 5.41) is 0. The lowest BCUT2D eigenvalue weighted by atomic mass is 9.60. The van der Waals surface area contributed by atoms with Crippen LogP contribution in [0.2, 0.25) is 0 Å². The minimum absolute atomic E-state index is 0.157. The zero-order valence-corrected chi connectivity index (χ0v) is 17.5. The van der Waals surface area contributed by atoms with Crippen molar-refractivity contribution in [2.45, 2.75) is 24.7 Å². The lowest BCUT2D eigenvalue weighted by molar-refractivity contribution is -0.126. The van der Waals surface area contributed by atoms with Crippen molar-refractivity contribution < 1.29 is 4.79 Å². The van der Waals surface area contributed by atoms with E-state index >= 15 is 0 Å². The maximum absolute atomic E-state index is 14.7. The zero-order chi connectivity index (χ0) is 21.0. The molecule has 4 rings (SSSR count). The minimum Gasteiger partial charge on any atom is -0.297 e. The van der Waals surface area contributed by atoms with Gasteiger partial charge in [-0.05, 0) is 36.1 Å². The van der Waals surface area contributed by atoms with Gasteiger partial charge in [-0.15, -0.1) is 0 Å². The summed E-state index contributed by atoms with van der Waals surface area (Å²) in [5.74, 6) is 0.157. The molecule has 0 bridgehead atoms. The van der Waals surface area contributed by atoms with E-state index in [9.17, 15) is 4.79 Å². The molecule has 0 radical (unpaired) electrons. The van der Waals surface area contributed by atoms with Gasteiger partial charge in [0.2, 0.25) is 0 Å². The second-order valence-electron chi connectivity index (χ2n) is 8.04. The zero-order valence-electron chi connectivity index (χ0n) is 17.5. The average molecular weight is 391 g/mol. The van der Waals surface area contributed by atoms with E-state index in [0.717, 1.165) is 22.3 Å². The van der Waals surface area contributed by atoms with Crippen LogP contribution in [0.5, 0.6) is 0 Å². The topological polar surface area (TPSA) is 17.1 Å². The molecule has 0 saturated heterocycles. The van der Waals surface area contributed by atoms with Crippen LogP contribution in [0.3, 0.4) is 0 Å². The van der Waals surface area contributed by atoms with E-state index in [4.69, 9.17) is 0 Å². The van der Waals surface area contributed by atoms with Crippen LogP contribution in [0, 0.1) is 0 Å². The highest BCUT2D eigenvalue weighted by molar-refractivity contribution is 6.03. The Morgan fingerprint density at radius 1 is 0.433 bits per heavy atom. The van der Waals surface area contributed by atoms with E-state index in [1.54, 1.807) is 0 Å². The smallest absolute Gasteiger partial charge is 0.162 e. The molecule has 0 fully saturated rings. The monoisotopic (exact) mass is 390 g/mol. The van der Waals surface area contributed by atoms with E-state index in [1.165, 1.54) is 0 Å². The predicted octanol–water partition coefficient (Wildman–Crippen LogP) is 6.57. The van der Waals surface area contributed by atoms with Crippen molar-refractivity contribution in [3.05, 3.63) is 144 Å². The molecule has 0 aliphatic heterocycles. The Morgan fingerprint density at radius 3 is 0.833 bits per heavy atom. The molecule has 0 atom stereocenters. The lowest BCUT2D eigenvalue weighted by Gasteiger charge is -2.39. The number of benzene rings is 4. The molecule has 30 heavy (non-hydrogen) atoms. The molecule has 1 heteroatoms. The van der Waals surface area contributed by atoms with Crippen molar-refractivity contribution in [3.8, 4) is 0 Å². The van der Waals surface area contributed by atoms with Crippen molar-refractivity contribution in [1.29, 1.82) is 0 Å². The van der Waals surface area contributed by atoms with Crippen LogP contribution in [0.25, 0.3) is 0 Å². The van der Waals surface area contributed by atoms with Crippen LogP contribution < -0.4 is 0 Å². The Labute approximate surface area is 179 Å². The van der Waals surface area contributed by atoms with Crippen molar-refractivity contribution in [2.75, 3.05) is 0 Å². The Balaban J connectivity index is 1.99. The fourth-order valence-corrected chi connectivity index (χ4v) is 4.44. The molecule has 0 heterocycles. The number of hydrogen-bond acceptors (Lipinski definition) is 1. The third-order valence-corrected chi connectivity index (χ3v) is 6.31. The SMILES string of the molecule is CC(C(=O)C(C)(c1ccccc1)c1ccccc1)(c1ccccc1)c1ccccc1. The summed E-state index contributed by atoms with van der Waals surface area (Å²) in [6, 6.07) is 40.5. The van der Waals surface area contributed by atoms with E-state index in [-0.39, 0.29) is 5.78 Å². The molecule has 0 spiro atoms. The normalized spacial score (nSPS) is 11.8. The van der Waals surface area contributed by atoms with Crippen molar-refractivity contribution in [3.63, 3.8) is 0 Å². The maximum atomic E-state index is 14.7. The molecule has 4 aromatic rings. The van der Waals surface area contributed by atoms with Crippen LogP contribution in [0.1, 0.15) is 36.1 Å². The summed E-state index contributed by atoms with van der Waals surface area (Å²) in [7, 11) is 0. The Morgan fingerprint density at radius 2 is 0.633 bits per heavy atom. The van der Waals surface area contributed by atoms with Crippen molar-refractivity contribution >= 4 is 5.78 Å². The van der Waals surface area contributed by atoms with Gasteiger partial charge in [0, 0.05) is 0 Å².